The molecule has 0 saturated carbocycles. The zero-order valence-electron chi connectivity index (χ0n) is 17.3. The first kappa shape index (κ1) is 22.8. The maximum absolute atomic E-state index is 11.5. The molecule has 0 spiro atoms. The summed E-state index contributed by atoms with van der Waals surface area (Å²) in [5.41, 5.74) is 3.73. The van der Waals surface area contributed by atoms with Crippen molar-refractivity contribution in [2.45, 2.75) is 46.5 Å². The first-order valence-corrected chi connectivity index (χ1v) is 9.76. The molecule has 1 rings (SSSR count). The van der Waals surface area contributed by atoms with E-state index in [4.69, 9.17) is 0 Å². The molecule has 1 N–H and O–H groups in total. The zero-order chi connectivity index (χ0) is 20.1. The number of carbonyl (C=O) groups is 1. The van der Waals surface area contributed by atoms with Crippen LogP contribution >= 0.6 is 0 Å². The molecule has 1 aromatic rings. The second kappa shape index (κ2) is 13.0. The number of amides is 1. The third kappa shape index (κ3) is 8.78. The Morgan fingerprint density at radius 3 is 2.56 bits per heavy atom. The van der Waals surface area contributed by atoms with Crippen molar-refractivity contribution in [2.75, 3.05) is 26.7 Å². The third-order valence-electron chi connectivity index (χ3n) is 4.44. The SMILES string of the molecule is C=CC(=CC/C=C(\C)Cc1cnc(C(=O)NC)cn1)CCN(CC)CCC. The van der Waals surface area contributed by atoms with Gasteiger partial charge in [0.1, 0.15) is 5.69 Å². The fraction of sp³-hybridized carbons (Fsp3) is 0.500. The highest BCUT2D eigenvalue weighted by molar-refractivity contribution is 5.91. The van der Waals surface area contributed by atoms with Gasteiger partial charge >= 0.3 is 0 Å². The van der Waals surface area contributed by atoms with Crippen molar-refractivity contribution in [1.82, 2.24) is 20.2 Å². The van der Waals surface area contributed by atoms with E-state index in [1.807, 2.05) is 6.08 Å². The molecule has 0 aliphatic rings. The van der Waals surface area contributed by atoms with Crippen LogP contribution in [0.4, 0.5) is 0 Å². The van der Waals surface area contributed by atoms with Crippen molar-refractivity contribution in [2.24, 2.45) is 0 Å². The van der Waals surface area contributed by atoms with Crippen LogP contribution in [0.2, 0.25) is 0 Å². The minimum absolute atomic E-state index is 0.219. The number of rotatable bonds is 12. The van der Waals surface area contributed by atoms with Crippen LogP contribution in [0.1, 0.15) is 56.2 Å². The summed E-state index contributed by atoms with van der Waals surface area (Å²) in [6.45, 7) is 13.8. The molecular formula is C22H34N4O. The lowest BCUT2D eigenvalue weighted by molar-refractivity contribution is 0.0957. The number of aromatic nitrogens is 2. The largest absolute Gasteiger partial charge is 0.354 e. The molecule has 0 fully saturated rings. The average molecular weight is 371 g/mol. The monoisotopic (exact) mass is 370 g/mol. The Kier molecular flexibility index (Phi) is 10.9. The molecule has 27 heavy (non-hydrogen) atoms. The van der Waals surface area contributed by atoms with Gasteiger partial charge in [-0.05, 0) is 39.3 Å². The predicted molar refractivity (Wildman–Crippen MR) is 113 cm³/mol. The second-order valence-corrected chi connectivity index (χ2v) is 6.60. The quantitative estimate of drug-likeness (QED) is 0.447. The standard InChI is InChI=1S/C22H34N4O/c1-6-13-26(8-3)14-12-19(7-2)11-9-10-18(4)15-20-16-25-21(17-24-20)22(27)23-5/h7,10-11,16-17H,2,6,8-9,12-15H2,1,3-5H3,(H,23,27)/b18-10+,19-11?. The van der Waals surface area contributed by atoms with E-state index < -0.39 is 0 Å². The van der Waals surface area contributed by atoms with Crippen molar-refractivity contribution < 1.29 is 4.79 Å². The van der Waals surface area contributed by atoms with E-state index in [0.717, 1.165) is 44.6 Å². The highest BCUT2D eigenvalue weighted by Crippen LogP contribution is 2.10. The molecule has 1 heterocycles. The molecule has 0 unspecified atom stereocenters. The fourth-order valence-corrected chi connectivity index (χ4v) is 2.78. The summed E-state index contributed by atoms with van der Waals surface area (Å²) in [6.07, 6.45) is 13.5. The minimum atomic E-state index is -0.219. The molecule has 0 bridgehead atoms. The van der Waals surface area contributed by atoms with Crippen molar-refractivity contribution >= 4 is 5.91 Å². The van der Waals surface area contributed by atoms with E-state index >= 15 is 0 Å². The lowest BCUT2D eigenvalue weighted by Gasteiger charge is -2.19. The minimum Gasteiger partial charge on any atom is -0.354 e. The molecular weight excluding hydrogens is 336 g/mol. The summed E-state index contributed by atoms with van der Waals surface area (Å²) >= 11 is 0. The molecule has 0 aliphatic heterocycles. The molecule has 5 nitrogen and oxygen atoms in total. The number of nitrogens with zero attached hydrogens (tertiary/aromatic N) is 3. The number of carbonyl (C=O) groups excluding carboxylic acids is 1. The Balaban J connectivity index is 2.54. The van der Waals surface area contributed by atoms with Crippen LogP contribution in [0.5, 0.6) is 0 Å². The average Bonchev–Trinajstić information content (AvgIpc) is 2.69. The summed E-state index contributed by atoms with van der Waals surface area (Å²) in [5, 5.41) is 2.54. The summed E-state index contributed by atoms with van der Waals surface area (Å²) in [5.74, 6) is -0.219. The van der Waals surface area contributed by atoms with Gasteiger partial charge < -0.3 is 10.2 Å². The Bertz CT molecular complexity index is 647. The van der Waals surface area contributed by atoms with Gasteiger partial charge in [0.25, 0.3) is 5.91 Å². The molecule has 1 amide bonds. The Morgan fingerprint density at radius 2 is 2.00 bits per heavy atom. The molecule has 0 atom stereocenters. The molecule has 1 aromatic heterocycles. The van der Waals surface area contributed by atoms with Crippen LogP contribution < -0.4 is 5.32 Å². The molecule has 5 heteroatoms. The molecule has 0 aliphatic carbocycles. The predicted octanol–water partition coefficient (Wildman–Crippen LogP) is 3.95. The van der Waals surface area contributed by atoms with Gasteiger partial charge in [-0.1, -0.05) is 49.8 Å². The van der Waals surface area contributed by atoms with Crippen LogP contribution in [0.15, 0.2) is 48.3 Å². The molecule has 0 aromatic carbocycles. The van der Waals surface area contributed by atoms with Crippen molar-refractivity contribution in [3.8, 4) is 0 Å². The van der Waals surface area contributed by atoms with Gasteiger partial charge in [-0.15, -0.1) is 0 Å². The van der Waals surface area contributed by atoms with Gasteiger partial charge in [0.05, 0.1) is 11.9 Å². The van der Waals surface area contributed by atoms with Gasteiger partial charge in [0, 0.05) is 26.2 Å². The van der Waals surface area contributed by atoms with Crippen LogP contribution in [0, 0.1) is 0 Å². The zero-order valence-corrected chi connectivity index (χ0v) is 17.3. The molecule has 0 saturated heterocycles. The van der Waals surface area contributed by atoms with E-state index in [-0.39, 0.29) is 5.91 Å². The van der Waals surface area contributed by atoms with Gasteiger partial charge in [-0.2, -0.15) is 0 Å². The van der Waals surface area contributed by atoms with E-state index in [1.54, 1.807) is 13.2 Å². The lowest BCUT2D eigenvalue weighted by atomic mass is 10.1. The highest BCUT2D eigenvalue weighted by Gasteiger charge is 2.05. The number of hydrogen-bond donors (Lipinski definition) is 1. The lowest BCUT2D eigenvalue weighted by Crippen LogP contribution is -2.25. The Labute approximate surface area is 164 Å². The summed E-state index contributed by atoms with van der Waals surface area (Å²) in [6, 6.07) is 0. The smallest absolute Gasteiger partial charge is 0.271 e. The van der Waals surface area contributed by atoms with Gasteiger partial charge in [0.15, 0.2) is 0 Å². The normalized spacial score (nSPS) is 12.3. The molecule has 148 valence electrons. The number of hydrogen-bond acceptors (Lipinski definition) is 4. The maximum atomic E-state index is 11.5. The van der Waals surface area contributed by atoms with E-state index in [0.29, 0.717) is 5.69 Å². The third-order valence-corrected chi connectivity index (χ3v) is 4.44. The highest BCUT2D eigenvalue weighted by atomic mass is 16.1. The van der Waals surface area contributed by atoms with E-state index in [9.17, 15) is 4.79 Å². The van der Waals surface area contributed by atoms with Gasteiger partial charge in [0.2, 0.25) is 0 Å². The van der Waals surface area contributed by atoms with E-state index in [2.05, 4.69) is 59.7 Å². The second-order valence-electron chi connectivity index (χ2n) is 6.60. The Morgan fingerprint density at radius 1 is 1.22 bits per heavy atom. The van der Waals surface area contributed by atoms with Crippen LogP contribution in [0.3, 0.4) is 0 Å². The van der Waals surface area contributed by atoms with Crippen molar-refractivity contribution in [1.29, 1.82) is 0 Å². The van der Waals surface area contributed by atoms with E-state index in [1.165, 1.54) is 23.8 Å². The molecule has 0 radical (unpaired) electrons. The summed E-state index contributed by atoms with van der Waals surface area (Å²) < 4.78 is 0. The van der Waals surface area contributed by atoms with Gasteiger partial charge in [-0.3, -0.25) is 9.78 Å². The van der Waals surface area contributed by atoms with Crippen LogP contribution in [-0.4, -0.2) is 47.5 Å². The maximum Gasteiger partial charge on any atom is 0.271 e. The Hall–Kier alpha value is -2.27. The topological polar surface area (TPSA) is 58.1 Å². The summed E-state index contributed by atoms with van der Waals surface area (Å²) in [4.78, 5) is 22.4. The number of nitrogens with one attached hydrogen (secondary N) is 1. The first-order chi connectivity index (χ1) is 13.0. The van der Waals surface area contributed by atoms with Crippen molar-refractivity contribution in [3.05, 3.63) is 59.7 Å². The first-order valence-electron chi connectivity index (χ1n) is 9.76. The van der Waals surface area contributed by atoms with Gasteiger partial charge in [-0.25, -0.2) is 4.98 Å². The number of allylic oxidation sites excluding steroid dienone is 4. The van der Waals surface area contributed by atoms with Crippen molar-refractivity contribution in [3.63, 3.8) is 0 Å². The fourth-order valence-electron chi connectivity index (χ4n) is 2.78. The van der Waals surface area contributed by atoms with Crippen LogP contribution in [-0.2, 0) is 6.42 Å². The van der Waals surface area contributed by atoms with Crippen LogP contribution in [0.25, 0.3) is 0 Å². The summed E-state index contributed by atoms with van der Waals surface area (Å²) in [7, 11) is 1.58.